The Morgan fingerprint density at radius 3 is 2.26 bits per heavy atom. The van der Waals surface area contributed by atoms with Crippen molar-refractivity contribution in [3.63, 3.8) is 0 Å². The van der Waals surface area contributed by atoms with E-state index in [0.29, 0.717) is 4.90 Å². The fourth-order valence-electron chi connectivity index (χ4n) is 1.63. The zero-order chi connectivity index (χ0) is 17.8. The van der Waals surface area contributed by atoms with Gasteiger partial charge in [-0.05, 0) is 26.6 Å². The van der Waals surface area contributed by atoms with Crippen molar-refractivity contribution < 1.29 is 28.7 Å². The van der Waals surface area contributed by atoms with E-state index in [1.807, 2.05) is 0 Å². The van der Waals surface area contributed by atoms with Gasteiger partial charge in [-0.2, -0.15) is 0 Å². The van der Waals surface area contributed by atoms with Gasteiger partial charge < -0.3 is 9.47 Å². The molecule has 1 atom stereocenters. The fourth-order valence-corrected chi connectivity index (χ4v) is 2.37. The Balaban J connectivity index is 3.49. The van der Waals surface area contributed by atoms with Crippen molar-refractivity contribution in [3.05, 3.63) is 5.57 Å². The molecule has 0 radical (unpaired) electrons. The first-order valence-electron chi connectivity index (χ1n) is 6.62. The van der Waals surface area contributed by atoms with Crippen molar-refractivity contribution in [2.24, 2.45) is 4.99 Å². The highest BCUT2D eigenvalue weighted by Gasteiger charge is 2.45. The summed E-state index contributed by atoms with van der Waals surface area (Å²) >= 11 is 0.736. The second kappa shape index (κ2) is 7.43. The number of aliphatic imine (C=N–C) groups is 1. The number of esters is 2. The van der Waals surface area contributed by atoms with E-state index in [-0.39, 0.29) is 11.3 Å². The molecule has 0 aromatic rings. The molecule has 1 aliphatic heterocycles. The van der Waals surface area contributed by atoms with Crippen molar-refractivity contribution in [1.82, 2.24) is 4.90 Å². The lowest BCUT2D eigenvalue weighted by molar-refractivity contribution is -0.150. The first-order valence-corrected chi connectivity index (χ1v) is 7.60. The van der Waals surface area contributed by atoms with E-state index in [0.717, 1.165) is 26.0 Å². The number of rotatable bonds is 4. The first kappa shape index (κ1) is 18.9. The number of hydrogen-bond acceptors (Lipinski definition) is 8. The number of hydrogen-bond donors (Lipinski definition) is 0. The topological polar surface area (TPSA) is 102 Å². The maximum absolute atomic E-state index is 12.1. The number of thioether (sulfide) groups is 1. The average molecular weight is 342 g/mol. The maximum Gasteiger partial charge on any atom is 0.346 e. The molecular weight excluding hydrogens is 324 g/mol. The van der Waals surface area contributed by atoms with Gasteiger partial charge in [-0.3, -0.25) is 14.5 Å². The second-order valence-corrected chi connectivity index (χ2v) is 6.47. The van der Waals surface area contributed by atoms with Crippen LogP contribution in [0.1, 0.15) is 20.8 Å². The monoisotopic (exact) mass is 342 g/mol. The minimum Gasteiger partial charge on any atom is -0.467 e. The molecule has 0 saturated carbocycles. The normalized spacial score (nSPS) is 15.8. The van der Waals surface area contributed by atoms with Crippen LogP contribution in [0.25, 0.3) is 0 Å². The van der Waals surface area contributed by atoms with Gasteiger partial charge in [0.2, 0.25) is 5.91 Å². The van der Waals surface area contributed by atoms with Crippen LogP contribution in [-0.2, 0) is 23.9 Å². The summed E-state index contributed by atoms with van der Waals surface area (Å²) in [4.78, 5) is 52.6. The van der Waals surface area contributed by atoms with Crippen molar-refractivity contribution in [1.29, 1.82) is 0 Å². The molecule has 8 nitrogen and oxygen atoms in total. The molecule has 0 spiro atoms. The highest BCUT2D eigenvalue weighted by molar-refractivity contribution is 8.14. The van der Waals surface area contributed by atoms with E-state index in [2.05, 4.69) is 20.3 Å². The van der Waals surface area contributed by atoms with E-state index >= 15 is 0 Å². The molecule has 1 rings (SSSR count). The van der Waals surface area contributed by atoms with Gasteiger partial charge in [0.1, 0.15) is 5.57 Å². The molecular formula is C14H18N2O6S. The standard InChI is InChI=1S/C14H18N2O6S/c1-14(2,3)15-6-8(11(18)21-4)10(12(19)22-5)16-9(17)7-23-13(16)20/h10H,7H2,1-5H3. The van der Waals surface area contributed by atoms with Crippen LogP contribution >= 0.6 is 11.8 Å². The number of amides is 2. The van der Waals surface area contributed by atoms with Crippen LogP contribution in [0, 0.1) is 0 Å². The highest BCUT2D eigenvalue weighted by atomic mass is 32.2. The summed E-state index contributed by atoms with van der Waals surface area (Å²) in [5.74, 6) is -0.139. The molecule has 2 amide bonds. The van der Waals surface area contributed by atoms with Crippen LogP contribution in [0.15, 0.2) is 10.6 Å². The third kappa shape index (κ3) is 4.67. The highest BCUT2D eigenvalue weighted by Crippen LogP contribution is 2.25. The van der Waals surface area contributed by atoms with Gasteiger partial charge in [0, 0.05) is 0 Å². The number of nitrogens with zero attached hydrogens (tertiary/aromatic N) is 2. The maximum atomic E-state index is 12.1. The van der Waals surface area contributed by atoms with Crippen LogP contribution in [0.3, 0.4) is 0 Å². The fraction of sp³-hybridized carbons (Fsp3) is 0.571. The van der Waals surface area contributed by atoms with Crippen LogP contribution in [0.2, 0.25) is 0 Å². The van der Waals surface area contributed by atoms with Gasteiger partial charge >= 0.3 is 11.9 Å². The molecule has 0 bridgehead atoms. The predicted octanol–water partition coefficient (Wildman–Crippen LogP) is 0.791. The smallest absolute Gasteiger partial charge is 0.346 e. The third-order valence-electron chi connectivity index (χ3n) is 2.66. The lowest BCUT2D eigenvalue weighted by atomic mass is 10.1. The zero-order valence-corrected chi connectivity index (χ0v) is 14.4. The number of carbonyl (C=O) groups excluding carboxylic acids is 4. The molecule has 0 aromatic carbocycles. The number of ether oxygens (including phenoxy) is 2. The SMILES string of the molecule is COC(=O)C(=C=NC(C)(C)C)C(C(=O)OC)N1C(=O)CSC1=O. The van der Waals surface area contributed by atoms with Gasteiger partial charge in [0.05, 0.1) is 25.5 Å². The van der Waals surface area contributed by atoms with Crippen LogP contribution in [0.4, 0.5) is 4.79 Å². The Kier molecular flexibility index (Phi) is 6.12. The summed E-state index contributed by atoms with van der Waals surface area (Å²) in [6.07, 6.45) is 0. The summed E-state index contributed by atoms with van der Waals surface area (Å²) in [5.41, 5.74) is -0.952. The van der Waals surface area contributed by atoms with Gasteiger partial charge in [-0.15, -0.1) is 0 Å². The summed E-state index contributed by atoms with van der Waals surface area (Å²) in [5, 5.41) is -0.649. The van der Waals surface area contributed by atoms with Crippen molar-refractivity contribution in [3.8, 4) is 0 Å². The Labute approximate surface area is 137 Å². The summed E-state index contributed by atoms with van der Waals surface area (Å²) in [6.45, 7) is 5.26. The Hall–Kier alpha value is -2.12. The molecule has 23 heavy (non-hydrogen) atoms. The van der Waals surface area contributed by atoms with Crippen molar-refractivity contribution >= 4 is 40.7 Å². The molecule has 1 unspecified atom stereocenters. The zero-order valence-electron chi connectivity index (χ0n) is 13.5. The van der Waals surface area contributed by atoms with Gasteiger partial charge in [0.25, 0.3) is 5.24 Å². The molecule has 1 saturated heterocycles. The average Bonchev–Trinajstić information content (AvgIpc) is 2.80. The van der Waals surface area contributed by atoms with Gasteiger partial charge in [-0.1, -0.05) is 11.8 Å². The second-order valence-electron chi connectivity index (χ2n) is 5.54. The predicted molar refractivity (Wildman–Crippen MR) is 83.2 cm³/mol. The van der Waals surface area contributed by atoms with E-state index in [9.17, 15) is 19.2 Å². The van der Waals surface area contributed by atoms with Crippen molar-refractivity contribution in [2.75, 3.05) is 20.0 Å². The van der Waals surface area contributed by atoms with E-state index in [1.54, 1.807) is 20.8 Å². The summed E-state index contributed by atoms with van der Waals surface area (Å²) in [6, 6.07) is -1.58. The molecule has 0 N–H and O–H groups in total. The van der Waals surface area contributed by atoms with Gasteiger partial charge in [0.15, 0.2) is 6.04 Å². The van der Waals surface area contributed by atoms with Crippen LogP contribution in [0.5, 0.6) is 0 Å². The minimum absolute atomic E-state index is 0.114. The number of methoxy groups -OCH3 is 2. The lowest BCUT2D eigenvalue weighted by Crippen LogP contribution is -2.48. The quantitative estimate of drug-likeness (QED) is 0.423. The van der Waals surface area contributed by atoms with Crippen LogP contribution in [-0.4, -0.2) is 65.4 Å². The van der Waals surface area contributed by atoms with Gasteiger partial charge in [-0.25, -0.2) is 14.6 Å². The Bertz CT molecular complexity index is 585. The summed E-state index contributed by atoms with van der Waals surface area (Å²) in [7, 11) is 2.20. The minimum atomic E-state index is -1.58. The molecule has 126 valence electrons. The Morgan fingerprint density at radius 2 is 1.87 bits per heavy atom. The third-order valence-corrected chi connectivity index (χ3v) is 3.49. The number of carbonyl (C=O) groups is 4. The molecule has 0 aliphatic carbocycles. The first-order chi connectivity index (χ1) is 10.6. The molecule has 1 aliphatic rings. The van der Waals surface area contributed by atoms with Crippen LogP contribution < -0.4 is 0 Å². The molecule has 1 fully saturated rings. The lowest BCUT2D eigenvalue weighted by Gasteiger charge is -2.23. The van der Waals surface area contributed by atoms with E-state index < -0.39 is 34.7 Å². The number of imide groups is 1. The molecule has 1 heterocycles. The summed E-state index contributed by atoms with van der Waals surface area (Å²) < 4.78 is 9.25. The molecule has 0 aromatic heterocycles. The van der Waals surface area contributed by atoms with Crippen molar-refractivity contribution in [2.45, 2.75) is 32.4 Å². The molecule has 9 heteroatoms. The largest absolute Gasteiger partial charge is 0.467 e. The van der Waals surface area contributed by atoms with E-state index in [4.69, 9.17) is 0 Å². The van der Waals surface area contributed by atoms with E-state index in [1.165, 1.54) is 0 Å². The Morgan fingerprint density at radius 1 is 1.26 bits per heavy atom.